The molecule has 0 saturated heterocycles. The predicted octanol–water partition coefficient (Wildman–Crippen LogP) is -1.22. The van der Waals surface area contributed by atoms with Gasteiger partial charge in [-0.25, -0.2) is 15.8 Å². The van der Waals surface area contributed by atoms with E-state index in [-0.39, 0.29) is 55.3 Å². The molecule has 3 aromatic carbocycles. The number of hydrogen-bond acceptors (Lipinski definition) is 18. The van der Waals surface area contributed by atoms with Crippen molar-refractivity contribution in [3.8, 4) is 71.0 Å². The van der Waals surface area contributed by atoms with Gasteiger partial charge in [-0.15, -0.1) is 0 Å². The van der Waals surface area contributed by atoms with Crippen LogP contribution in [0.3, 0.4) is 0 Å². The number of aliphatic hydroxyl groups excluding tert-OH is 6. The van der Waals surface area contributed by atoms with E-state index in [9.17, 15) is 44.1 Å². The van der Waals surface area contributed by atoms with Gasteiger partial charge in [-0.2, -0.15) is 0 Å². The first-order valence-corrected chi connectivity index (χ1v) is 27.5. The lowest BCUT2D eigenvalue weighted by molar-refractivity contribution is -0.144. The highest BCUT2D eigenvalue weighted by Gasteiger charge is 2.41. The number of ether oxygens (including phenoxy) is 1. The maximum Gasteiger partial charge on any atom is 0.330 e. The molecule has 3 aliphatic carbocycles. The molecular weight excluding hydrogens is 1120 g/mol. The number of carbonyl (C=O) groups excluding carboxylic acids is 6. The van der Waals surface area contributed by atoms with Crippen molar-refractivity contribution in [3.05, 3.63) is 106 Å². The molecule has 0 radical (unpaired) electrons. The largest absolute Gasteiger partial charge is 0.467 e. The number of esters is 1. The molecule has 3 aromatic rings. The van der Waals surface area contributed by atoms with E-state index in [2.05, 4.69) is 87.0 Å². The summed E-state index contributed by atoms with van der Waals surface area (Å²) in [5.74, 6) is 29.2. The monoisotopic (exact) mass is 1200 g/mol. The maximum atomic E-state index is 12.4. The molecule has 87 heavy (non-hydrogen) atoms. The minimum atomic E-state index is -1.12. The molecule has 19 N–H and O–H groups in total. The fraction of sp³-hybridized carbons (Fsp3) is 0.438. The van der Waals surface area contributed by atoms with Crippen molar-refractivity contribution in [2.75, 3.05) is 26.9 Å². The summed E-state index contributed by atoms with van der Waals surface area (Å²) in [5.41, 5.74) is 20.5. The van der Waals surface area contributed by atoms with Crippen LogP contribution in [0.4, 0.5) is 0 Å². The van der Waals surface area contributed by atoms with Crippen molar-refractivity contribution < 1.29 is 74.6 Å². The molecule has 462 valence electrons. The Kier molecular flexibility index (Phi) is 26.7. The van der Waals surface area contributed by atoms with Crippen molar-refractivity contribution in [2.24, 2.45) is 52.7 Å². The van der Waals surface area contributed by atoms with Crippen molar-refractivity contribution >= 4 is 35.5 Å². The van der Waals surface area contributed by atoms with Gasteiger partial charge in [0.2, 0.25) is 0 Å². The van der Waals surface area contributed by atoms with Gasteiger partial charge in [-0.3, -0.25) is 34.4 Å². The van der Waals surface area contributed by atoms with Crippen LogP contribution in [0.2, 0.25) is 0 Å². The normalized spacial score (nSPS) is 21.4. The fourth-order valence-corrected chi connectivity index (χ4v) is 8.72. The topological polar surface area (TPSA) is 412 Å². The number of aliphatic hydroxyl groups is 6. The van der Waals surface area contributed by atoms with Crippen molar-refractivity contribution in [1.82, 2.24) is 26.9 Å². The van der Waals surface area contributed by atoms with Gasteiger partial charge in [-0.1, -0.05) is 35.5 Å². The average molecular weight is 1200 g/mol. The minimum Gasteiger partial charge on any atom is -0.467 e. The summed E-state index contributed by atoms with van der Waals surface area (Å²) in [6, 6.07) is 16.1. The van der Waals surface area contributed by atoms with Crippen LogP contribution in [0, 0.1) is 107 Å². The Morgan fingerprint density at radius 1 is 0.471 bits per heavy atom. The molecule has 0 spiro atoms. The minimum absolute atomic E-state index is 0.0371. The van der Waals surface area contributed by atoms with Gasteiger partial charge in [0.15, 0.2) is 0 Å². The van der Waals surface area contributed by atoms with E-state index in [0.717, 1.165) is 0 Å². The molecule has 5 amide bonds. The van der Waals surface area contributed by atoms with E-state index in [4.69, 9.17) is 47.7 Å². The molecule has 3 aliphatic rings. The summed E-state index contributed by atoms with van der Waals surface area (Å²) in [7, 11) is 1.24. The number of benzene rings is 3. The van der Waals surface area contributed by atoms with Crippen LogP contribution in [0.25, 0.3) is 0 Å². The van der Waals surface area contributed by atoms with E-state index in [1.165, 1.54) is 18.1 Å². The summed E-state index contributed by atoms with van der Waals surface area (Å²) < 4.78 is 4.71. The molecular formula is C64H76N8O15. The standard InChI is InChI=1S/C22H26N2O5.2C21H25N3O5/c1-22(2,23)19(21(28)29-3)24-20(27)15-10-8-14(9-11-15)6-4-5-7-16-12-18(26)17(16)13-25;2*1-21(2,22)18(20(28)24-29)23-19(27)14-9-7-13(8-10-14)5-3-4-6-15-11-17(26)16(15)12-25/h8-11,16-19,25-26H,12-13,23H2,1-3H3,(H,24,27);2*7-10,15-18,25-26,29H,11-12,22H2,1-2H3,(H,23,27)(H,24,28)/t16?,17-,18?,19+;15?,16-,17+,18+;15?,16-,17-,18+/m000/s1. The number of methoxy groups -OCH3 is 1. The maximum absolute atomic E-state index is 12.4. The number of nitrogens with two attached hydrogens (primary N) is 3. The van der Waals surface area contributed by atoms with E-state index in [1.807, 2.05) is 0 Å². The first kappa shape index (κ1) is 70.9. The number of nitrogens with one attached hydrogen (secondary N) is 5. The zero-order valence-corrected chi connectivity index (χ0v) is 49.3. The zero-order valence-electron chi connectivity index (χ0n) is 49.3. The van der Waals surface area contributed by atoms with Gasteiger partial charge in [0.1, 0.15) is 18.1 Å². The van der Waals surface area contributed by atoms with E-state index in [0.29, 0.717) is 52.6 Å². The Morgan fingerprint density at radius 3 is 0.931 bits per heavy atom. The van der Waals surface area contributed by atoms with Crippen LogP contribution in [-0.4, -0.2) is 157 Å². The van der Waals surface area contributed by atoms with Crippen molar-refractivity contribution in [2.45, 2.75) is 114 Å². The molecule has 0 bridgehead atoms. The lowest BCUT2D eigenvalue weighted by Crippen LogP contribution is -2.61. The second kappa shape index (κ2) is 32.8. The molecule has 23 heteroatoms. The number of amides is 5. The first-order valence-electron chi connectivity index (χ1n) is 27.5. The molecule has 3 fully saturated rings. The van der Waals surface area contributed by atoms with Crippen molar-refractivity contribution in [3.63, 3.8) is 0 Å². The fourth-order valence-electron chi connectivity index (χ4n) is 8.72. The van der Waals surface area contributed by atoms with E-state index in [1.54, 1.807) is 114 Å². The molecule has 6 rings (SSSR count). The SMILES string of the molecule is CC(C)(N)[C@H](NC(=O)c1ccc(C#CC#CC2C[C@@H](O)[C@H]2CO)cc1)C(=O)NO.CC(C)(N)[C@H](NC(=O)c1ccc(C#CC#CC2C[C@H](O)[C@H]2CO)cc1)C(=O)NO.COC(=O)[C@@H](NC(=O)c1ccc(C#CC#CC2CC(O)[C@H]2CO)cc1)C(C)(C)N. The zero-order chi connectivity index (χ0) is 64.8. The summed E-state index contributed by atoms with van der Waals surface area (Å²) in [4.78, 5) is 72.5. The highest BCUT2D eigenvalue weighted by molar-refractivity contribution is 5.99. The second-order valence-electron chi connectivity index (χ2n) is 22.7. The Labute approximate surface area is 505 Å². The van der Waals surface area contributed by atoms with Gasteiger partial charge in [0, 0.05) is 105 Å². The number of hydroxylamine groups is 2. The second-order valence-corrected chi connectivity index (χ2v) is 22.7. The third-order valence-corrected chi connectivity index (χ3v) is 14.4. The van der Waals surface area contributed by atoms with Gasteiger partial charge in [0.05, 0.1) is 25.4 Å². The smallest absolute Gasteiger partial charge is 0.330 e. The van der Waals surface area contributed by atoms with Crippen LogP contribution < -0.4 is 44.1 Å². The van der Waals surface area contributed by atoms with Crippen molar-refractivity contribution in [1.29, 1.82) is 0 Å². The van der Waals surface area contributed by atoms with Gasteiger partial charge < -0.3 is 68.5 Å². The van der Waals surface area contributed by atoms with E-state index < -0.39 is 88.6 Å². The van der Waals surface area contributed by atoms with Gasteiger partial charge in [-0.05, 0) is 169 Å². The Hall–Kier alpha value is -8.60. The number of carbonyl (C=O) groups is 6. The molecule has 0 heterocycles. The Bertz CT molecular complexity index is 2950. The molecule has 3 saturated carbocycles. The molecule has 4 unspecified atom stereocenters. The molecule has 12 atom stereocenters. The lowest BCUT2D eigenvalue weighted by atomic mass is 9.72. The summed E-state index contributed by atoms with van der Waals surface area (Å²) >= 11 is 0. The average Bonchev–Trinajstić information content (AvgIpc) is 2.78. The first-order chi connectivity index (χ1) is 41.0. The molecule has 0 aromatic heterocycles. The van der Waals surface area contributed by atoms with E-state index >= 15 is 0 Å². The van der Waals surface area contributed by atoms with Gasteiger partial charge in [0.25, 0.3) is 29.5 Å². The summed E-state index contributed by atoms with van der Waals surface area (Å²) in [6.07, 6.45) is 0.139. The Morgan fingerprint density at radius 2 is 0.724 bits per heavy atom. The van der Waals surface area contributed by atoms with Crippen LogP contribution >= 0.6 is 0 Å². The van der Waals surface area contributed by atoms with Crippen LogP contribution in [0.1, 0.15) is 109 Å². The highest BCUT2D eigenvalue weighted by Crippen LogP contribution is 2.35. The summed E-state index contributed by atoms with van der Waals surface area (Å²) in [5, 5.41) is 81.2. The third kappa shape index (κ3) is 21.1. The predicted molar refractivity (Wildman–Crippen MR) is 318 cm³/mol. The van der Waals surface area contributed by atoms with Crippen LogP contribution in [0.15, 0.2) is 72.8 Å². The molecule has 0 aliphatic heterocycles. The van der Waals surface area contributed by atoms with Crippen LogP contribution in [0.5, 0.6) is 0 Å². The van der Waals surface area contributed by atoms with Gasteiger partial charge >= 0.3 is 5.97 Å². The number of hydrogen-bond donors (Lipinski definition) is 16. The highest BCUT2D eigenvalue weighted by atomic mass is 16.5. The lowest BCUT2D eigenvalue weighted by Gasteiger charge is -2.37. The summed E-state index contributed by atoms with van der Waals surface area (Å²) in [6.45, 7) is 9.19. The van der Waals surface area contributed by atoms with Crippen LogP contribution in [-0.2, 0) is 19.1 Å². The third-order valence-electron chi connectivity index (χ3n) is 14.4. The Balaban J connectivity index is 0.000000279. The number of rotatable bonds is 15. The quantitative estimate of drug-likeness (QED) is 0.0367. The molecule has 23 nitrogen and oxygen atoms in total.